The van der Waals surface area contributed by atoms with Gasteiger partial charge in [0, 0.05) is 19.2 Å². The minimum Gasteiger partial charge on any atom is -0.448 e. The lowest BCUT2D eigenvalue weighted by atomic mass is 9.99. The Morgan fingerprint density at radius 3 is 2.65 bits per heavy atom. The molecule has 1 amide bonds. The van der Waals surface area contributed by atoms with Crippen LogP contribution in [0, 0.1) is 0 Å². The normalized spacial score (nSPS) is 19.5. The first-order valence-electron chi connectivity index (χ1n) is 11.8. The molecule has 1 atom stereocenters. The number of carbonyl (C=O) groups excluding carboxylic acids is 1. The fourth-order valence-electron chi connectivity index (χ4n) is 4.08. The number of ether oxygens (including phenoxy) is 3. The number of pyridine rings is 1. The third-order valence-electron chi connectivity index (χ3n) is 6.12. The maximum atomic E-state index is 14.8. The largest absolute Gasteiger partial charge is 0.448 e. The van der Waals surface area contributed by atoms with Crippen molar-refractivity contribution in [2.75, 3.05) is 38.2 Å². The molecule has 0 radical (unpaired) electrons. The second kappa shape index (κ2) is 10.7. The van der Waals surface area contributed by atoms with E-state index in [1.807, 2.05) is 12.1 Å². The van der Waals surface area contributed by atoms with Crippen LogP contribution in [0.5, 0.6) is 11.6 Å². The number of rotatable bonds is 8. The molecule has 0 aliphatic carbocycles. The number of hydrogen-bond donors (Lipinski definition) is 1. The summed E-state index contributed by atoms with van der Waals surface area (Å²) in [5.74, 6) is 0.885. The second-order valence-electron chi connectivity index (χ2n) is 8.89. The van der Waals surface area contributed by atoms with Gasteiger partial charge in [-0.1, -0.05) is 23.7 Å². The van der Waals surface area contributed by atoms with Crippen molar-refractivity contribution in [2.45, 2.75) is 25.1 Å². The van der Waals surface area contributed by atoms with Gasteiger partial charge in [-0.15, -0.1) is 0 Å². The third kappa shape index (κ3) is 5.83. The molecule has 2 saturated heterocycles. The van der Waals surface area contributed by atoms with Gasteiger partial charge in [0.25, 0.3) is 5.56 Å². The standard InChI is InChI=1S/C25H25ClFN5O5/c26-22-20(29-15-25(27)8-1-10-35-16-25)13-30-32(23(22)33)18-4-7-21(28-12-18)37-19-5-2-17(3-6-19)14-31-9-11-36-24(31)34/h2-7,12-13,29H,1,8-11,14-16H2/t25-/m0/s1. The third-order valence-corrected chi connectivity index (χ3v) is 6.48. The highest BCUT2D eigenvalue weighted by atomic mass is 35.5. The summed E-state index contributed by atoms with van der Waals surface area (Å²) < 4.78 is 31.8. The molecule has 2 aromatic heterocycles. The smallest absolute Gasteiger partial charge is 0.410 e. The lowest BCUT2D eigenvalue weighted by Crippen LogP contribution is -2.40. The SMILES string of the molecule is O=C1OCCN1Cc1ccc(Oc2ccc(-n3ncc(NC[C@@]4(F)CCCOC4)c(Cl)c3=O)cn2)cc1. The van der Waals surface area contributed by atoms with Gasteiger partial charge < -0.3 is 24.4 Å². The van der Waals surface area contributed by atoms with E-state index in [-0.39, 0.29) is 30.0 Å². The van der Waals surface area contributed by atoms with Crippen LogP contribution < -0.4 is 15.6 Å². The van der Waals surface area contributed by atoms with Crippen LogP contribution in [0.4, 0.5) is 14.9 Å². The van der Waals surface area contributed by atoms with Crippen LogP contribution >= 0.6 is 11.6 Å². The van der Waals surface area contributed by atoms with Crippen molar-refractivity contribution in [3.05, 3.63) is 69.7 Å². The van der Waals surface area contributed by atoms with Crippen LogP contribution in [0.1, 0.15) is 18.4 Å². The van der Waals surface area contributed by atoms with Crippen molar-refractivity contribution in [1.29, 1.82) is 0 Å². The molecule has 3 aromatic rings. The van der Waals surface area contributed by atoms with E-state index in [9.17, 15) is 14.0 Å². The zero-order valence-corrected chi connectivity index (χ0v) is 20.6. The van der Waals surface area contributed by atoms with Gasteiger partial charge in [0.2, 0.25) is 5.88 Å². The number of carbonyl (C=O) groups is 1. The number of anilines is 1. The van der Waals surface area contributed by atoms with Gasteiger partial charge >= 0.3 is 6.09 Å². The molecule has 2 aliphatic rings. The molecule has 10 nitrogen and oxygen atoms in total. The predicted molar refractivity (Wildman–Crippen MR) is 133 cm³/mol. The Bertz CT molecular complexity index is 1310. The lowest BCUT2D eigenvalue weighted by Gasteiger charge is -2.29. The van der Waals surface area contributed by atoms with Crippen LogP contribution in [0.15, 0.2) is 53.6 Å². The molecule has 194 valence electrons. The Labute approximate surface area is 216 Å². The zero-order valence-electron chi connectivity index (χ0n) is 19.9. The summed E-state index contributed by atoms with van der Waals surface area (Å²) in [6.07, 6.45) is 3.52. The molecule has 1 aromatic carbocycles. The Balaban J connectivity index is 1.22. The molecule has 37 heavy (non-hydrogen) atoms. The number of hydrogen-bond acceptors (Lipinski definition) is 8. The number of cyclic esters (lactones) is 1. The summed E-state index contributed by atoms with van der Waals surface area (Å²) in [6, 6.07) is 10.5. The number of nitrogens with one attached hydrogen (secondary N) is 1. The molecule has 12 heteroatoms. The Hall–Kier alpha value is -3.70. The van der Waals surface area contributed by atoms with Gasteiger partial charge in [0.1, 0.15) is 17.4 Å². The number of amides is 1. The predicted octanol–water partition coefficient (Wildman–Crippen LogP) is 3.96. The van der Waals surface area contributed by atoms with E-state index in [0.717, 1.165) is 10.2 Å². The van der Waals surface area contributed by atoms with Gasteiger partial charge in [-0.2, -0.15) is 9.78 Å². The minimum atomic E-state index is -1.52. The first-order valence-corrected chi connectivity index (χ1v) is 12.2. The van der Waals surface area contributed by atoms with Gasteiger partial charge in [0.15, 0.2) is 5.67 Å². The second-order valence-corrected chi connectivity index (χ2v) is 9.26. The molecular formula is C25H25ClFN5O5. The molecule has 0 unspecified atom stereocenters. The summed E-state index contributed by atoms with van der Waals surface area (Å²) in [6.45, 7) is 1.97. The van der Waals surface area contributed by atoms with E-state index < -0.39 is 11.2 Å². The summed E-state index contributed by atoms with van der Waals surface area (Å²) in [7, 11) is 0. The van der Waals surface area contributed by atoms with E-state index in [2.05, 4.69) is 15.4 Å². The Morgan fingerprint density at radius 1 is 1.14 bits per heavy atom. The highest BCUT2D eigenvalue weighted by molar-refractivity contribution is 6.32. The lowest BCUT2D eigenvalue weighted by molar-refractivity contribution is -0.0234. The molecule has 2 fully saturated rings. The van der Waals surface area contributed by atoms with Gasteiger partial charge in [-0.25, -0.2) is 14.2 Å². The highest BCUT2D eigenvalue weighted by Gasteiger charge is 2.32. The average Bonchev–Trinajstić information content (AvgIpc) is 3.31. The molecule has 2 aliphatic heterocycles. The van der Waals surface area contributed by atoms with Crippen molar-refractivity contribution < 1.29 is 23.4 Å². The molecule has 0 saturated carbocycles. The number of halogens is 2. The van der Waals surface area contributed by atoms with Gasteiger partial charge in [-0.3, -0.25) is 4.79 Å². The molecule has 0 spiro atoms. The fraction of sp³-hybridized carbons (Fsp3) is 0.360. The van der Waals surface area contributed by atoms with Crippen molar-refractivity contribution in [3.63, 3.8) is 0 Å². The summed E-state index contributed by atoms with van der Waals surface area (Å²) >= 11 is 6.26. The first kappa shape index (κ1) is 25.0. The number of nitrogens with zero attached hydrogens (tertiary/aromatic N) is 4. The summed E-state index contributed by atoms with van der Waals surface area (Å²) in [5, 5.41) is 6.93. The summed E-state index contributed by atoms with van der Waals surface area (Å²) in [4.78, 5) is 30.3. The maximum Gasteiger partial charge on any atom is 0.410 e. The van der Waals surface area contributed by atoms with Crippen LogP contribution in [-0.4, -0.2) is 64.3 Å². The molecule has 5 rings (SSSR count). The van der Waals surface area contributed by atoms with Crippen LogP contribution in [0.25, 0.3) is 5.69 Å². The van der Waals surface area contributed by atoms with Gasteiger partial charge in [0.05, 0.1) is 43.5 Å². The quantitative estimate of drug-likeness (QED) is 0.467. The fourth-order valence-corrected chi connectivity index (χ4v) is 4.28. The van der Waals surface area contributed by atoms with Crippen molar-refractivity contribution in [3.8, 4) is 17.3 Å². The average molecular weight is 530 g/mol. The topological polar surface area (TPSA) is 108 Å². The molecule has 0 bridgehead atoms. The number of alkyl halides is 1. The van der Waals surface area contributed by atoms with Crippen LogP contribution in [0.2, 0.25) is 5.02 Å². The van der Waals surface area contributed by atoms with Crippen LogP contribution in [-0.2, 0) is 16.0 Å². The Kier molecular flexibility index (Phi) is 7.24. The monoisotopic (exact) mass is 529 g/mol. The van der Waals surface area contributed by atoms with E-state index in [4.69, 9.17) is 25.8 Å². The highest BCUT2D eigenvalue weighted by Crippen LogP contribution is 2.26. The van der Waals surface area contributed by atoms with E-state index in [1.54, 1.807) is 29.2 Å². The zero-order chi connectivity index (χ0) is 25.8. The molecule has 1 N–H and O–H groups in total. The van der Waals surface area contributed by atoms with Crippen LogP contribution in [0.3, 0.4) is 0 Å². The van der Waals surface area contributed by atoms with Crippen molar-refractivity contribution >= 4 is 23.4 Å². The van der Waals surface area contributed by atoms with E-state index >= 15 is 0 Å². The number of aromatic nitrogens is 3. The number of benzene rings is 1. The van der Waals surface area contributed by atoms with Crippen molar-refractivity contribution in [1.82, 2.24) is 19.7 Å². The Morgan fingerprint density at radius 2 is 1.97 bits per heavy atom. The maximum absolute atomic E-state index is 14.8. The van der Waals surface area contributed by atoms with Gasteiger partial charge in [-0.05, 0) is 36.6 Å². The molecule has 4 heterocycles. The first-order chi connectivity index (χ1) is 17.9. The van der Waals surface area contributed by atoms with E-state index in [0.29, 0.717) is 56.5 Å². The molecular weight excluding hydrogens is 505 g/mol. The van der Waals surface area contributed by atoms with E-state index in [1.165, 1.54) is 12.4 Å². The minimum absolute atomic E-state index is 0.00138. The summed E-state index contributed by atoms with van der Waals surface area (Å²) in [5.41, 5.74) is -0.487. The van der Waals surface area contributed by atoms with Crippen molar-refractivity contribution in [2.24, 2.45) is 0 Å².